The zero-order valence-electron chi connectivity index (χ0n) is 22.7. The highest BCUT2D eigenvalue weighted by atomic mass is 79.9. The lowest BCUT2D eigenvalue weighted by Crippen LogP contribution is -2.31. The summed E-state index contributed by atoms with van der Waals surface area (Å²) in [5.41, 5.74) is -0.873. The van der Waals surface area contributed by atoms with Crippen molar-refractivity contribution in [3.63, 3.8) is 0 Å². The van der Waals surface area contributed by atoms with Gasteiger partial charge in [0.1, 0.15) is 35.8 Å². The number of carbonyl (C=O) groups excluding carboxylic acids is 1. The normalized spacial score (nSPS) is 14.4. The van der Waals surface area contributed by atoms with Crippen LogP contribution in [0.25, 0.3) is 20.9 Å². The summed E-state index contributed by atoms with van der Waals surface area (Å²) in [6, 6.07) is 7.95. The van der Waals surface area contributed by atoms with E-state index < -0.39 is 49.0 Å². The lowest BCUT2D eigenvalue weighted by Gasteiger charge is -2.22. The van der Waals surface area contributed by atoms with Gasteiger partial charge in [-0.3, -0.25) is 9.48 Å². The van der Waals surface area contributed by atoms with Crippen molar-refractivity contribution in [3.8, 4) is 22.3 Å². The number of para-hydroxylation sites is 1. The van der Waals surface area contributed by atoms with Crippen LogP contribution in [0, 0.1) is 6.01 Å². The molecule has 5 rings (SSSR count). The monoisotopic (exact) mass is 658 g/mol. The van der Waals surface area contributed by atoms with Gasteiger partial charge in [-0.25, -0.2) is 14.4 Å². The van der Waals surface area contributed by atoms with E-state index in [9.17, 15) is 22.4 Å². The molecule has 0 unspecified atom stereocenters. The third kappa shape index (κ3) is 6.25. The molecular formula is C26H18BrF5N4O4S. The predicted molar refractivity (Wildman–Crippen MR) is 141 cm³/mol. The Morgan fingerprint density at radius 1 is 1.22 bits per heavy atom. The van der Waals surface area contributed by atoms with E-state index in [0.717, 1.165) is 42.9 Å². The number of fused-ring (bicyclic) bond motifs is 1. The van der Waals surface area contributed by atoms with Crippen LogP contribution in [0.15, 0.2) is 63.9 Å². The molecule has 0 aliphatic rings. The average molecular weight is 659 g/mol. The number of halogens is 6. The van der Waals surface area contributed by atoms with Gasteiger partial charge in [0.15, 0.2) is 18.1 Å². The summed E-state index contributed by atoms with van der Waals surface area (Å²) in [6.45, 7) is -3.38. The third-order valence-electron chi connectivity index (χ3n) is 5.62. The second-order valence-corrected chi connectivity index (χ2v) is 10.3. The van der Waals surface area contributed by atoms with Gasteiger partial charge in [0.2, 0.25) is 5.88 Å². The van der Waals surface area contributed by atoms with Gasteiger partial charge < -0.3 is 13.9 Å². The quantitative estimate of drug-likeness (QED) is 0.146. The van der Waals surface area contributed by atoms with Gasteiger partial charge >= 0.3 is 6.18 Å². The fourth-order valence-electron chi connectivity index (χ4n) is 3.81. The first kappa shape index (κ1) is 26.1. The number of ether oxygens (including phenoxy) is 2. The van der Waals surface area contributed by atoms with Crippen LogP contribution in [0.5, 0.6) is 11.6 Å². The van der Waals surface area contributed by atoms with Crippen LogP contribution in [-0.2, 0) is 17.9 Å². The van der Waals surface area contributed by atoms with Crippen molar-refractivity contribution < 1.29 is 43.4 Å². The molecule has 0 spiro atoms. The van der Waals surface area contributed by atoms with Gasteiger partial charge in [-0.05, 0) is 41.1 Å². The van der Waals surface area contributed by atoms with Crippen molar-refractivity contribution >= 4 is 43.3 Å². The molecule has 0 N–H and O–H groups in total. The van der Waals surface area contributed by atoms with Gasteiger partial charge in [0.25, 0.3) is 6.01 Å². The number of Topliss-reactive ketones (excluding diaryl/α,β-unsaturated/α-hetero) is 1. The molecule has 1 aromatic carbocycles. The maximum atomic E-state index is 16.2. The van der Waals surface area contributed by atoms with E-state index in [1.165, 1.54) is 30.3 Å². The highest BCUT2D eigenvalue weighted by molar-refractivity contribution is 9.10. The van der Waals surface area contributed by atoms with E-state index in [4.69, 9.17) is 16.6 Å². The summed E-state index contributed by atoms with van der Waals surface area (Å²) in [6.07, 6.45) is -6.65. The van der Waals surface area contributed by atoms with Crippen LogP contribution in [0.3, 0.4) is 0 Å². The number of hydrogen-bond donors (Lipinski definition) is 0. The minimum atomic E-state index is -4.69. The maximum absolute atomic E-state index is 16.2. The largest absolute Gasteiger partial charge is 0.487 e. The predicted octanol–water partition coefficient (Wildman–Crippen LogP) is 7.24. The number of thiophene rings is 1. The van der Waals surface area contributed by atoms with Crippen LogP contribution < -0.4 is 9.47 Å². The summed E-state index contributed by atoms with van der Waals surface area (Å²) < 4.78 is 102. The van der Waals surface area contributed by atoms with Gasteiger partial charge in [0.05, 0.1) is 23.2 Å². The Hall–Kier alpha value is -3.85. The lowest BCUT2D eigenvalue weighted by molar-refractivity contribution is -0.143. The summed E-state index contributed by atoms with van der Waals surface area (Å²) in [7, 11) is 0. The van der Waals surface area contributed by atoms with Crippen molar-refractivity contribution in [2.45, 2.75) is 38.5 Å². The summed E-state index contributed by atoms with van der Waals surface area (Å²) in [5, 5.41) is 3.78. The van der Waals surface area contributed by atoms with Crippen molar-refractivity contribution in [2.75, 3.05) is 0 Å². The van der Waals surface area contributed by atoms with Crippen LogP contribution in [-0.4, -0.2) is 37.8 Å². The molecule has 0 bridgehead atoms. The Labute approximate surface area is 243 Å². The second kappa shape index (κ2) is 11.6. The minimum Gasteiger partial charge on any atom is -0.487 e. The van der Waals surface area contributed by atoms with Crippen molar-refractivity contribution in [2.24, 2.45) is 0 Å². The van der Waals surface area contributed by atoms with E-state index in [-0.39, 0.29) is 28.3 Å². The number of hydrogen-bond acceptors (Lipinski definition) is 8. The smallest absolute Gasteiger partial charge is 0.408 e. The summed E-state index contributed by atoms with van der Waals surface area (Å²) >= 11 is 4.50. The molecule has 0 saturated carbocycles. The number of rotatable bonds is 10. The average Bonchev–Trinajstić information content (AvgIpc) is 3.65. The van der Waals surface area contributed by atoms with Crippen LogP contribution in [0.4, 0.5) is 22.0 Å². The standard InChI is InChI=1S/C26H18BrF5N4O4S/c1-13(37)22(40-24-19-20(27)23(17-6-7-18(28)39-17)41-25(19)34-12-33-24)21(29)15-4-2-3-5-16(15)38-10-14-8-9-35-36(14)11-26(30,31)32/h2-9,12,21-22H,10-11H2,1H3/t21-,22-/m0/s1/i10D2. The molecule has 0 radical (unpaired) electrons. The molecule has 41 heavy (non-hydrogen) atoms. The van der Waals surface area contributed by atoms with E-state index >= 15 is 4.39 Å². The Kier molecular flexibility index (Phi) is 7.35. The molecule has 0 amide bonds. The molecule has 8 nitrogen and oxygen atoms in total. The molecular weight excluding hydrogens is 639 g/mol. The Bertz CT molecular complexity index is 1790. The summed E-state index contributed by atoms with van der Waals surface area (Å²) in [5.74, 6) is -1.15. The zero-order valence-corrected chi connectivity index (χ0v) is 23.1. The number of alkyl halides is 4. The number of ketones is 1. The molecule has 0 saturated heterocycles. The van der Waals surface area contributed by atoms with Crippen molar-refractivity contribution in [1.29, 1.82) is 0 Å². The molecule has 0 aliphatic heterocycles. The first-order valence-electron chi connectivity index (χ1n) is 12.6. The first-order chi connectivity index (χ1) is 20.2. The third-order valence-corrected chi connectivity index (χ3v) is 7.79. The minimum absolute atomic E-state index is 0.181. The number of carbonyl (C=O) groups is 1. The molecule has 0 fully saturated rings. The van der Waals surface area contributed by atoms with Gasteiger partial charge in [-0.15, -0.1) is 11.3 Å². The fourth-order valence-corrected chi connectivity index (χ4v) is 5.73. The van der Waals surface area contributed by atoms with E-state index in [1.807, 2.05) is 0 Å². The highest BCUT2D eigenvalue weighted by Gasteiger charge is 2.34. The first-order valence-corrected chi connectivity index (χ1v) is 13.2. The van der Waals surface area contributed by atoms with Crippen LogP contribution in [0.2, 0.25) is 0 Å². The van der Waals surface area contributed by atoms with E-state index in [1.54, 1.807) is 0 Å². The Balaban J connectivity index is 1.46. The number of aromatic nitrogens is 4. The molecule has 2 atom stereocenters. The van der Waals surface area contributed by atoms with Crippen molar-refractivity contribution in [3.05, 3.63) is 76.7 Å². The zero-order chi connectivity index (χ0) is 31.1. The summed E-state index contributed by atoms with van der Waals surface area (Å²) in [4.78, 5) is 21.7. The highest BCUT2D eigenvalue weighted by Crippen LogP contribution is 2.45. The van der Waals surface area contributed by atoms with Gasteiger partial charge in [-0.1, -0.05) is 18.2 Å². The maximum Gasteiger partial charge on any atom is 0.408 e. The Morgan fingerprint density at radius 3 is 2.71 bits per heavy atom. The number of furan rings is 1. The van der Waals surface area contributed by atoms with Crippen LogP contribution in [0.1, 0.15) is 27.1 Å². The fraction of sp³-hybridized carbons (Fsp3) is 0.231. The van der Waals surface area contributed by atoms with E-state index in [2.05, 4.69) is 31.0 Å². The molecule has 0 aliphatic carbocycles. The SMILES string of the molecule is [2H]C([2H])(Oc1ccccc1[C@H](F)[C@@H](Oc1ncnc2sc(-c3ccc(F)o3)c(Br)c12)C(C)=O)c1ccnn1CC(F)(F)F. The number of benzene rings is 1. The molecule has 5 aromatic rings. The molecule has 4 heterocycles. The molecule has 214 valence electrons. The second-order valence-electron chi connectivity index (χ2n) is 8.49. The topological polar surface area (TPSA) is 92.3 Å². The lowest BCUT2D eigenvalue weighted by atomic mass is 10.0. The number of nitrogens with zero attached hydrogens (tertiary/aromatic N) is 4. The van der Waals surface area contributed by atoms with E-state index in [0.29, 0.717) is 18.9 Å². The molecule has 4 aromatic heterocycles. The van der Waals surface area contributed by atoms with Crippen molar-refractivity contribution in [1.82, 2.24) is 19.7 Å². The Morgan fingerprint density at radius 2 is 2.00 bits per heavy atom. The van der Waals surface area contributed by atoms with Gasteiger partial charge in [0, 0.05) is 17.8 Å². The van der Waals surface area contributed by atoms with Crippen LogP contribution >= 0.6 is 27.3 Å². The molecule has 15 heteroatoms. The van der Waals surface area contributed by atoms with Gasteiger partial charge in [-0.2, -0.15) is 22.7 Å².